The Bertz CT molecular complexity index is 1170. The Labute approximate surface area is 181 Å². The van der Waals surface area contributed by atoms with E-state index in [9.17, 15) is 9.59 Å². The van der Waals surface area contributed by atoms with Gasteiger partial charge in [-0.05, 0) is 57.4 Å². The number of carbonyl (C=O) groups is 2. The quantitative estimate of drug-likeness (QED) is 0.593. The Morgan fingerprint density at radius 1 is 0.935 bits per heavy atom. The number of hydrazone groups is 1. The van der Waals surface area contributed by atoms with Crippen molar-refractivity contribution in [2.75, 3.05) is 5.32 Å². The number of carbonyl (C=O) groups excluding carboxylic acids is 2. The van der Waals surface area contributed by atoms with Crippen molar-refractivity contribution in [1.29, 1.82) is 0 Å². The molecule has 31 heavy (non-hydrogen) atoms. The van der Waals surface area contributed by atoms with Crippen LogP contribution < -0.4 is 10.7 Å². The third-order valence-electron chi connectivity index (χ3n) is 5.52. The average molecular weight is 415 g/mol. The number of fused-ring (bicyclic) bond motifs is 1. The maximum Gasteiger partial charge on any atom is 0.291 e. The van der Waals surface area contributed by atoms with Crippen LogP contribution in [0.3, 0.4) is 0 Å². The summed E-state index contributed by atoms with van der Waals surface area (Å²) >= 11 is 0. The summed E-state index contributed by atoms with van der Waals surface area (Å²) in [6, 6.07) is 15.0. The van der Waals surface area contributed by atoms with Crippen LogP contribution in [0.4, 0.5) is 5.69 Å². The van der Waals surface area contributed by atoms with Crippen molar-refractivity contribution in [1.82, 2.24) is 5.43 Å². The normalized spacial score (nSPS) is 14.2. The van der Waals surface area contributed by atoms with Gasteiger partial charge in [-0.3, -0.25) is 9.59 Å². The Morgan fingerprint density at radius 3 is 2.42 bits per heavy atom. The van der Waals surface area contributed by atoms with Gasteiger partial charge in [-0.25, -0.2) is 5.43 Å². The molecule has 6 heteroatoms. The lowest BCUT2D eigenvalue weighted by atomic mass is 9.93. The van der Waals surface area contributed by atoms with Crippen LogP contribution in [0.2, 0.25) is 0 Å². The molecule has 0 bridgehead atoms. The summed E-state index contributed by atoms with van der Waals surface area (Å²) < 4.78 is 5.93. The third kappa shape index (κ3) is 4.28. The van der Waals surface area contributed by atoms with E-state index in [4.69, 9.17) is 4.42 Å². The van der Waals surface area contributed by atoms with Gasteiger partial charge in [0.2, 0.25) is 0 Å². The van der Waals surface area contributed by atoms with Crippen LogP contribution in [-0.4, -0.2) is 17.5 Å². The molecule has 1 aliphatic rings. The van der Waals surface area contributed by atoms with Gasteiger partial charge in [-0.1, -0.05) is 35.9 Å². The minimum absolute atomic E-state index is 0.254. The highest BCUT2D eigenvalue weighted by atomic mass is 16.4. The van der Waals surface area contributed by atoms with Gasteiger partial charge in [0, 0.05) is 28.8 Å². The van der Waals surface area contributed by atoms with Crippen LogP contribution in [-0.2, 0) is 6.42 Å². The molecule has 0 atom stereocenters. The number of hydrogen-bond donors (Lipinski definition) is 2. The molecule has 0 unspecified atom stereocenters. The number of furan rings is 1. The zero-order valence-electron chi connectivity index (χ0n) is 17.9. The van der Waals surface area contributed by atoms with Crippen molar-refractivity contribution in [2.45, 2.75) is 40.0 Å². The van der Waals surface area contributed by atoms with E-state index in [0.717, 1.165) is 46.6 Å². The first kappa shape index (κ1) is 20.6. The molecule has 0 saturated heterocycles. The number of aryl methyl sites for hydroxylation is 3. The number of amides is 2. The van der Waals surface area contributed by atoms with Gasteiger partial charge in [0.1, 0.15) is 5.76 Å². The molecule has 1 aromatic heterocycles. The molecule has 0 saturated carbocycles. The summed E-state index contributed by atoms with van der Waals surface area (Å²) in [5, 5.41) is 7.28. The largest absolute Gasteiger partial charge is 0.455 e. The van der Waals surface area contributed by atoms with Crippen molar-refractivity contribution >= 4 is 23.2 Å². The zero-order valence-corrected chi connectivity index (χ0v) is 17.9. The summed E-state index contributed by atoms with van der Waals surface area (Å²) in [4.78, 5) is 25.4. The van der Waals surface area contributed by atoms with Gasteiger partial charge in [-0.2, -0.15) is 5.10 Å². The average Bonchev–Trinajstić information content (AvgIpc) is 3.11. The molecule has 2 amide bonds. The van der Waals surface area contributed by atoms with Crippen molar-refractivity contribution in [2.24, 2.45) is 5.10 Å². The van der Waals surface area contributed by atoms with Crippen LogP contribution in [0.15, 0.2) is 58.0 Å². The number of nitrogens with zero attached hydrogens (tertiary/aromatic N) is 1. The fourth-order valence-corrected chi connectivity index (χ4v) is 3.83. The molecule has 6 nitrogen and oxygen atoms in total. The summed E-state index contributed by atoms with van der Waals surface area (Å²) in [6.45, 7) is 5.74. The highest BCUT2D eigenvalue weighted by Gasteiger charge is 2.28. The minimum Gasteiger partial charge on any atom is -0.455 e. The van der Waals surface area contributed by atoms with Crippen LogP contribution in [0.5, 0.6) is 0 Å². The lowest BCUT2D eigenvalue weighted by Crippen LogP contribution is -2.22. The van der Waals surface area contributed by atoms with Crippen molar-refractivity contribution < 1.29 is 14.0 Å². The Balaban J connectivity index is 1.57. The topological polar surface area (TPSA) is 83.7 Å². The maximum absolute atomic E-state index is 12.8. The smallest absolute Gasteiger partial charge is 0.291 e. The summed E-state index contributed by atoms with van der Waals surface area (Å²) in [6.07, 6.45) is 2.29. The molecule has 3 aromatic rings. The highest BCUT2D eigenvalue weighted by Crippen LogP contribution is 2.30. The van der Waals surface area contributed by atoms with Crippen LogP contribution >= 0.6 is 0 Å². The van der Waals surface area contributed by atoms with E-state index in [-0.39, 0.29) is 17.6 Å². The standard InChI is InChI=1S/C25H25N3O3/c1-15-11-13-18(14-12-15)26-25(30)23-17(3)22-20(9-6-10-21(22)31-23)27-28-24(29)19-8-5-4-7-16(19)2/h4-5,7-8,11-14H,6,9-10H2,1-3H3,(H,26,30)(H,28,29)/b27-20+. The number of benzene rings is 2. The second-order valence-corrected chi connectivity index (χ2v) is 7.84. The van der Waals surface area contributed by atoms with E-state index in [1.165, 1.54) is 0 Å². The fraction of sp³-hybridized carbons (Fsp3) is 0.240. The van der Waals surface area contributed by atoms with Crippen molar-refractivity contribution in [3.63, 3.8) is 0 Å². The van der Waals surface area contributed by atoms with E-state index >= 15 is 0 Å². The molecule has 1 heterocycles. The number of nitrogens with one attached hydrogen (secondary N) is 2. The van der Waals surface area contributed by atoms with Gasteiger partial charge in [-0.15, -0.1) is 0 Å². The monoisotopic (exact) mass is 415 g/mol. The SMILES string of the molecule is Cc1ccc(NC(=O)c2oc3c(c2C)/C(=N/NC(=O)c2ccccc2C)CCC3)cc1. The van der Waals surface area contributed by atoms with E-state index in [0.29, 0.717) is 17.7 Å². The third-order valence-corrected chi connectivity index (χ3v) is 5.52. The molecule has 158 valence electrons. The zero-order chi connectivity index (χ0) is 22.0. The number of hydrogen-bond acceptors (Lipinski definition) is 4. The van der Waals surface area contributed by atoms with Crippen molar-refractivity contribution in [3.8, 4) is 0 Å². The lowest BCUT2D eigenvalue weighted by molar-refractivity contribution is 0.0953. The first-order chi connectivity index (χ1) is 14.9. The van der Waals surface area contributed by atoms with E-state index < -0.39 is 0 Å². The lowest BCUT2D eigenvalue weighted by Gasteiger charge is -2.13. The Kier molecular flexibility index (Phi) is 5.71. The maximum atomic E-state index is 12.8. The van der Waals surface area contributed by atoms with Gasteiger partial charge in [0.25, 0.3) is 11.8 Å². The highest BCUT2D eigenvalue weighted by molar-refractivity contribution is 6.09. The fourth-order valence-electron chi connectivity index (χ4n) is 3.83. The number of rotatable bonds is 4. The second-order valence-electron chi connectivity index (χ2n) is 7.84. The van der Waals surface area contributed by atoms with Gasteiger partial charge >= 0.3 is 0 Å². The van der Waals surface area contributed by atoms with Gasteiger partial charge in [0.05, 0.1) is 5.71 Å². The Morgan fingerprint density at radius 2 is 1.68 bits per heavy atom. The van der Waals surface area contributed by atoms with Gasteiger partial charge < -0.3 is 9.73 Å². The van der Waals surface area contributed by atoms with E-state index in [1.54, 1.807) is 6.07 Å². The summed E-state index contributed by atoms with van der Waals surface area (Å²) in [5.41, 5.74) is 8.28. The molecule has 2 aromatic carbocycles. The molecule has 0 aliphatic heterocycles. The molecular weight excluding hydrogens is 390 g/mol. The number of anilines is 1. The van der Waals surface area contributed by atoms with Crippen LogP contribution in [0.1, 0.15) is 61.8 Å². The summed E-state index contributed by atoms with van der Waals surface area (Å²) in [7, 11) is 0. The van der Waals surface area contributed by atoms with Crippen LogP contribution in [0, 0.1) is 20.8 Å². The predicted molar refractivity (Wildman–Crippen MR) is 121 cm³/mol. The van der Waals surface area contributed by atoms with Crippen molar-refractivity contribution in [3.05, 3.63) is 87.9 Å². The minimum atomic E-state index is -0.293. The first-order valence-electron chi connectivity index (χ1n) is 10.4. The Hall–Kier alpha value is -3.67. The van der Waals surface area contributed by atoms with Gasteiger partial charge in [0.15, 0.2) is 5.76 Å². The molecule has 0 spiro atoms. The molecule has 1 aliphatic carbocycles. The predicted octanol–water partition coefficient (Wildman–Crippen LogP) is 4.93. The molecular formula is C25H25N3O3. The van der Waals surface area contributed by atoms with Crippen LogP contribution in [0.25, 0.3) is 0 Å². The molecule has 2 N–H and O–H groups in total. The molecule has 0 radical (unpaired) electrons. The molecule has 0 fully saturated rings. The second kappa shape index (κ2) is 8.60. The van der Waals surface area contributed by atoms with E-state index in [1.807, 2.05) is 63.2 Å². The first-order valence-corrected chi connectivity index (χ1v) is 10.4. The molecule has 4 rings (SSSR count). The summed E-state index contributed by atoms with van der Waals surface area (Å²) in [5.74, 6) is 0.474. The van der Waals surface area contributed by atoms with E-state index in [2.05, 4.69) is 15.8 Å².